The van der Waals surface area contributed by atoms with E-state index in [-0.39, 0.29) is 10.6 Å². The number of amides is 3. The van der Waals surface area contributed by atoms with E-state index in [9.17, 15) is 29.3 Å². The molecule has 1 aromatic heterocycles. The first-order chi connectivity index (χ1) is 15.7. The number of carbonyl (C=O) groups excluding carboxylic acids is 4. The smallest absolute Gasteiger partial charge is 0.325 e. The summed E-state index contributed by atoms with van der Waals surface area (Å²) in [7, 11) is 0. The molecular formula is C20H19ClN4O7S. The number of primary amides is 1. The molecule has 0 radical (unpaired) electrons. The SMILES string of the molecule is NC(=O)c1c(NC(=O)COC(=O)CNC(=O)c2ccc(Cl)c([N+](=O)[O-])c2)sc2c1CCCC2. The summed E-state index contributed by atoms with van der Waals surface area (Å²) in [5.74, 6) is -2.95. The lowest BCUT2D eigenvalue weighted by Crippen LogP contribution is -2.32. The van der Waals surface area contributed by atoms with Crippen molar-refractivity contribution >= 4 is 57.3 Å². The number of carbonyl (C=O) groups is 4. The van der Waals surface area contributed by atoms with E-state index in [1.807, 2.05) is 0 Å². The maximum Gasteiger partial charge on any atom is 0.325 e. The number of hydrogen-bond acceptors (Lipinski definition) is 8. The molecule has 0 bridgehead atoms. The Morgan fingerprint density at radius 3 is 2.64 bits per heavy atom. The summed E-state index contributed by atoms with van der Waals surface area (Å²) in [5, 5.41) is 15.9. The molecule has 0 unspecified atom stereocenters. The first kappa shape index (κ1) is 24.1. The number of halogens is 1. The second-order valence-electron chi connectivity index (χ2n) is 7.09. The van der Waals surface area contributed by atoms with Gasteiger partial charge >= 0.3 is 5.97 Å². The van der Waals surface area contributed by atoms with Gasteiger partial charge in [-0.25, -0.2) is 0 Å². The summed E-state index contributed by atoms with van der Waals surface area (Å²) < 4.78 is 4.84. The zero-order chi connectivity index (χ0) is 24.1. The number of nitrogens with two attached hydrogens (primary N) is 1. The predicted octanol–water partition coefficient (Wildman–Crippen LogP) is 2.20. The third-order valence-electron chi connectivity index (χ3n) is 4.83. The van der Waals surface area contributed by atoms with Crippen molar-refractivity contribution in [2.24, 2.45) is 5.73 Å². The Balaban J connectivity index is 1.51. The number of benzene rings is 1. The number of anilines is 1. The number of nitrogens with zero attached hydrogens (tertiary/aromatic N) is 1. The molecule has 1 aromatic carbocycles. The molecule has 1 aliphatic rings. The van der Waals surface area contributed by atoms with Crippen LogP contribution in [0.3, 0.4) is 0 Å². The summed E-state index contributed by atoms with van der Waals surface area (Å²) in [5.41, 5.74) is 6.10. The monoisotopic (exact) mass is 494 g/mol. The van der Waals surface area contributed by atoms with E-state index in [0.717, 1.165) is 35.8 Å². The molecule has 0 aliphatic heterocycles. The van der Waals surface area contributed by atoms with Crippen LogP contribution in [0.4, 0.5) is 10.7 Å². The number of nitro benzene ring substituents is 1. The van der Waals surface area contributed by atoms with Crippen LogP contribution in [0.5, 0.6) is 0 Å². The fraction of sp³-hybridized carbons (Fsp3) is 0.300. The van der Waals surface area contributed by atoms with Crippen LogP contribution in [-0.2, 0) is 27.2 Å². The van der Waals surface area contributed by atoms with Crippen molar-refractivity contribution in [2.75, 3.05) is 18.5 Å². The molecule has 174 valence electrons. The summed E-state index contributed by atoms with van der Waals surface area (Å²) in [6.45, 7) is -1.20. The molecule has 0 atom stereocenters. The third-order valence-corrected chi connectivity index (χ3v) is 6.36. The van der Waals surface area contributed by atoms with E-state index in [1.54, 1.807) is 0 Å². The number of esters is 1. The summed E-state index contributed by atoms with van der Waals surface area (Å²) in [6, 6.07) is 3.44. The molecule has 3 rings (SSSR count). The molecule has 1 heterocycles. The molecule has 33 heavy (non-hydrogen) atoms. The van der Waals surface area contributed by atoms with Gasteiger partial charge in [0.1, 0.15) is 16.6 Å². The van der Waals surface area contributed by atoms with Gasteiger partial charge in [-0.15, -0.1) is 11.3 Å². The molecule has 0 fully saturated rings. The zero-order valence-corrected chi connectivity index (χ0v) is 18.7. The molecule has 0 spiro atoms. The minimum Gasteiger partial charge on any atom is -0.454 e. The van der Waals surface area contributed by atoms with Crippen LogP contribution in [0.2, 0.25) is 5.02 Å². The van der Waals surface area contributed by atoms with Crippen LogP contribution in [0.15, 0.2) is 18.2 Å². The van der Waals surface area contributed by atoms with Gasteiger partial charge in [0.15, 0.2) is 6.61 Å². The van der Waals surface area contributed by atoms with Crippen molar-refractivity contribution < 1.29 is 28.8 Å². The fourth-order valence-corrected chi connectivity index (χ4v) is 4.82. The Kier molecular flexibility index (Phi) is 7.61. The Morgan fingerprint density at radius 2 is 1.94 bits per heavy atom. The van der Waals surface area contributed by atoms with E-state index in [4.69, 9.17) is 22.1 Å². The number of nitrogens with one attached hydrogen (secondary N) is 2. The Morgan fingerprint density at radius 1 is 1.21 bits per heavy atom. The van der Waals surface area contributed by atoms with Crippen molar-refractivity contribution in [2.45, 2.75) is 25.7 Å². The molecule has 4 N–H and O–H groups in total. The first-order valence-corrected chi connectivity index (χ1v) is 11.0. The maximum atomic E-state index is 12.2. The van der Waals surface area contributed by atoms with Gasteiger partial charge in [0.25, 0.3) is 23.4 Å². The summed E-state index contributed by atoms with van der Waals surface area (Å²) >= 11 is 6.98. The lowest BCUT2D eigenvalue weighted by Gasteiger charge is -2.11. The number of nitro groups is 1. The van der Waals surface area contributed by atoms with E-state index in [0.29, 0.717) is 17.0 Å². The van der Waals surface area contributed by atoms with Crippen molar-refractivity contribution in [3.63, 3.8) is 0 Å². The minimum absolute atomic E-state index is 0.0720. The second kappa shape index (κ2) is 10.4. The van der Waals surface area contributed by atoms with Crippen molar-refractivity contribution in [3.05, 3.63) is 54.9 Å². The Labute approximate surface area is 196 Å². The average molecular weight is 495 g/mol. The number of ether oxygens (including phenoxy) is 1. The molecule has 3 amide bonds. The lowest BCUT2D eigenvalue weighted by atomic mass is 9.95. The summed E-state index contributed by atoms with van der Waals surface area (Å²) in [4.78, 5) is 59.2. The highest BCUT2D eigenvalue weighted by Gasteiger charge is 2.25. The van der Waals surface area contributed by atoms with Gasteiger partial charge in [-0.2, -0.15) is 0 Å². The third kappa shape index (κ3) is 5.84. The summed E-state index contributed by atoms with van der Waals surface area (Å²) in [6.07, 6.45) is 3.45. The van der Waals surface area contributed by atoms with Crippen LogP contribution in [0.25, 0.3) is 0 Å². The average Bonchev–Trinajstić information content (AvgIpc) is 3.14. The highest BCUT2D eigenvalue weighted by atomic mass is 35.5. The van der Waals surface area contributed by atoms with Gasteiger partial charge in [0.05, 0.1) is 10.5 Å². The van der Waals surface area contributed by atoms with Crippen LogP contribution in [-0.4, -0.2) is 41.8 Å². The van der Waals surface area contributed by atoms with Gasteiger partial charge in [-0.1, -0.05) is 11.6 Å². The van der Waals surface area contributed by atoms with Gasteiger partial charge < -0.3 is 21.1 Å². The quantitative estimate of drug-likeness (QED) is 0.286. The van der Waals surface area contributed by atoms with Crippen LogP contribution < -0.4 is 16.4 Å². The highest BCUT2D eigenvalue weighted by Crippen LogP contribution is 2.37. The van der Waals surface area contributed by atoms with Crippen molar-refractivity contribution in [1.82, 2.24) is 5.32 Å². The van der Waals surface area contributed by atoms with Gasteiger partial charge in [0.2, 0.25) is 0 Å². The maximum absolute atomic E-state index is 12.2. The largest absolute Gasteiger partial charge is 0.454 e. The van der Waals surface area contributed by atoms with E-state index >= 15 is 0 Å². The Bertz CT molecular complexity index is 1150. The molecule has 1 aliphatic carbocycles. The first-order valence-electron chi connectivity index (χ1n) is 9.79. The molecule has 0 saturated carbocycles. The van der Waals surface area contributed by atoms with Crippen LogP contribution in [0.1, 0.15) is 44.0 Å². The van der Waals surface area contributed by atoms with E-state index < -0.39 is 47.5 Å². The second-order valence-corrected chi connectivity index (χ2v) is 8.61. The lowest BCUT2D eigenvalue weighted by molar-refractivity contribution is -0.384. The molecular weight excluding hydrogens is 476 g/mol. The van der Waals surface area contributed by atoms with Crippen molar-refractivity contribution in [3.8, 4) is 0 Å². The number of thiophene rings is 1. The topological polar surface area (TPSA) is 171 Å². The van der Waals surface area contributed by atoms with E-state index in [1.165, 1.54) is 23.5 Å². The number of hydrogen-bond donors (Lipinski definition) is 3. The zero-order valence-electron chi connectivity index (χ0n) is 17.1. The molecule has 13 heteroatoms. The standard InChI is InChI=1S/C20H19ClN4O7S/c21-12-6-5-10(7-13(12)25(30)31)19(29)23-8-16(27)32-9-15(26)24-20-17(18(22)28)11-3-1-2-4-14(11)33-20/h5-7H,1-4,8-9H2,(H2,22,28)(H,23,29)(H,24,26). The molecule has 11 nitrogen and oxygen atoms in total. The van der Waals surface area contributed by atoms with Gasteiger partial charge in [0, 0.05) is 16.5 Å². The molecule has 2 aromatic rings. The minimum atomic E-state index is -0.900. The normalized spacial score (nSPS) is 12.4. The Hall–Kier alpha value is -3.51. The van der Waals surface area contributed by atoms with E-state index in [2.05, 4.69) is 10.6 Å². The fourth-order valence-electron chi connectivity index (χ4n) is 3.32. The number of fused-ring (bicyclic) bond motifs is 1. The van der Waals surface area contributed by atoms with Gasteiger partial charge in [-0.3, -0.25) is 29.3 Å². The predicted molar refractivity (Wildman–Crippen MR) is 120 cm³/mol. The van der Waals surface area contributed by atoms with Crippen LogP contribution in [0, 0.1) is 10.1 Å². The van der Waals surface area contributed by atoms with Crippen molar-refractivity contribution in [1.29, 1.82) is 0 Å². The highest BCUT2D eigenvalue weighted by molar-refractivity contribution is 7.17. The van der Waals surface area contributed by atoms with Gasteiger partial charge in [-0.05, 0) is 43.4 Å². The van der Waals surface area contributed by atoms with Crippen LogP contribution >= 0.6 is 22.9 Å². The number of rotatable bonds is 8. The number of aryl methyl sites for hydroxylation is 1. The molecule has 0 saturated heterocycles.